The number of rotatable bonds is 0. The second kappa shape index (κ2) is 3.26. The summed E-state index contributed by atoms with van der Waals surface area (Å²) in [4.78, 5) is 0. The van der Waals surface area contributed by atoms with Gasteiger partial charge in [0.05, 0.1) is 0 Å². The fraction of sp³-hybridized carbons (Fsp3) is 0.176. The van der Waals surface area contributed by atoms with Crippen molar-refractivity contribution in [3.05, 3.63) is 64.0 Å². The van der Waals surface area contributed by atoms with Gasteiger partial charge in [0.25, 0.3) is 0 Å². The molecule has 2 aromatic carbocycles. The molecule has 1 nitrogen and oxygen atoms in total. The molecule has 2 aliphatic rings. The van der Waals surface area contributed by atoms with Gasteiger partial charge in [0, 0.05) is 5.41 Å². The normalized spacial score (nSPS) is 18.0. The van der Waals surface area contributed by atoms with Crippen LogP contribution in [0.25, 0.3) is 12.2 Å². The Hall–Kier alpha value is -2.02. The van der Waals surface area contributed by atoms with Crippen molar-refractivity contribution in [1.29, 1.82) is 0 Å². The van der Waals surface area contributed by atoms with Gasteiger partial charge in [-0.1, -0.05) is 42.5 Å². The Morgan fingerprint density at radius 1 is 0.833 bits per heavy atom. The van der Waals surface area contributed by atoms with E-state index in [-0.39, 0.29) is 5.41 Å². The van der Waals surface area contributed by atoms with Gasteiger partial charge in [0.15, 0.2) is 0 Å². The van der Waals surface area contributed by atoms with Crippen LogP contribution in [0, 0.1) is 5.41 Å². The largest absolute Gasteiger partial charge is 0.508 e. The SMILES string of the molecule is Oc1ccc2c(c1)CC1(C=c3ccccc3=C1)C2. The number of hydrogen-bond acceptors (Lipinski definition) is 1. The van der Waals surface area contributed by atoms with E-state index in [4.69, 9.17) is 0 Å². The van der Waals surface area contributed by atoms with E-state index in [0.717, 1.165) is 12.8 Å². The molecule has 1 spiro atoms. The van der Waals surface area contributed by atoms with Crippen LogP contribution in [0.1, 0.15) is 11.1 Å². The molecule has 18 heavy (non-hydrogen) atoms. The Balaban J connectivity index is 1.85. The molecule has 2 aliphatic carbocycles. The smallest absolute Gasteiger partial charge is 0.115 e. The highest BCUT2D eigenvalue weighted by molar-refractivity contribution is 5.62. The van der Waals surface area contributed by atoms with E-state index in [2.05, 4.69) is 42.5 Å². The van der Waals surface area contributed by atoms with Gasteiger partial charge in [0.2, 0.25) is 0 Å². The van der Waals surface area contributed by atoms with Crippen molar-refractivity contribution in [2.24, 2.45) is 5.41 Å². The average Bonchev–Trinajstić information content (AvgIpc) is 2.87. The molecule has 1 N–H and O–H groups in total. The molecule has 0 heterocycles. The lowest BCUT2D eigenvalue weighted by Gasteiger charge is -2.16. The fourth-order valence-corrected chi connectivity index (χ4v) is 3.36. The third kappa shape index (κ3) is 1.34. The van der Waals surface area contributed by atoms with E-state index in [9.17, 15) is 5.11 Å². The minimum Gasteiger partial charge on any atom is -0.508 e. The number of phenols is 1. The predicted molar refractivity (Wildman–Crippen MR) is 72.6 cm³/mol. The quantitative estimate of drug-likeness (QED) is 0.736. The van der Waals surface area contributed by atoms with Crippen LogP contribution in [0.3, 0.4) is 0 Å². The molecule has 0 unspecified atom stereocenters. The summed E-state index contributed by atoms with van der Waals surface area (Å²) < 4.78 is 0. The summed E-state index contributed by atoms with van der Waals surface area (Å²) in [6.07, 6.45) is 6.83. The molecule has 88 valence electrons. The summed E-state index contributed by atoms with van der Waals surface area (Å²) in [6, 6.07) is 14.3. The maximum atomic E-state index is 9.58. The van der Waals surface area contributed by atoms with E-state index in [0.29, 0.717) is 5.75 Å². The van der Waals surface area contributed by atoms with Crippen LogP contribution in [-0.4, -0.2) is 5.11 Å². The predicted octanol–water partition coefficient (Wildman–Crippen LogP) is 1.75. The summed E-state index contributed by atoms with van der Waals surface area (Å²) in [5, 5.41) is 12.3. The minimum absolute atomic E-state index is 0.139. The van der Waals surface area contributed by atoms with Gasteiger partial charge in [0.1, 0.15) is 5.75 Å². The van der Waals surface area contributed by atoms with Crippen molar-refractivity contribution < 1.29 is 5.11 Å². The molecule has 4 rings (SSSR count). The van der Waals surface area contributed by atoms with Gasteiger partial charge in [-0.05, 0) is 46.5 Å². The molecule has 2 aromatic rings. The summed E-state index contributed by atoms with van der Waals surface area (Å²) >= 11 is 0. The van der Waals surface area contributed by atoms with Crippen LogP contribution < -0.4 is 10.4 Å². The van der Waals surface area contributed by atoms with Crippen molar-refractivity contribution in [1.82, 2.24) is 0 Å². The molecule has 0 saturated carbocycles. The zero-order chi connectivity index (χ0) is 12.2. The second-order valence-electron chi connectivity index (χ2n) is 5.46. The van der Waals surface area contributed by atoms with Gasteiger partial charge in [-0.2, -0.15) is 0 Å². The maximum Gasteiger partial charge on any atom is 0.115 e. The lowest BCUT2D eigenvalue weighted by atomic mass is 9.86. The summed E-state index contributed by atoms with van der Waals surface area (Å²) in [7, 11) is 0. The monoisotopic (exact) mass is 234 g/mol. The fourth-order valence-electron chi connectivity index (χ4n) is 3.36. The zero-order valence-electron chi connectivity index (χ0n) is 10.1. The molecular weight excluding hydrogens is 220 g/mol. The summed E-state index contributed by atoms with van der Waals surface area (Å²) in [6.45, 7) is 0. The lowest BCUT2D eigenvalue weighted by molar-refractivity contribution is 0.474. The molecule has 0 radical (unpaired) electrons. The molecule has 0 aliphatic heterocycles. The summed E-state index contributed by atoms with van der Waals surface area (Å²) in [5.74, 6) is 0.376. The molecule has 0 bridgehead atoms. The number of hydrogen-bond donors (Lipinski definition) is 1. The molecule has 0 atom stereocenters. The molecule has 0 amide bonds. The standard InChI is InChI=1S/C17H14O/c18-16-6-5-14-10-17(11-15(14)7-16)8-12-3-1-2-4-13(12)9-17/h1-9,18H,10-11H2. The van der Waals surface area contributed by atoms with E-state index in [1.165, 1.54) is 21.6 Å². The zero-order valence-corrected chi connectivity index (χ0v) is 10.1. The van der Waals surface area contributed by atoms with E-state index in [1.54, 1.807) is 6.07 Å². The van der Waals surface area contributed by atoms with Crippen LogP contribution in [0.2, 0.25) is 0 Å². The first-order valence-electron chi connectivity index (χ1n) is 6.36. The Labute approximate surface area is 106 Å². The van der Waals surface area contributed by atoms with Crippen molar-refractivity contribution >= 4 is 12.2 Å². The lowest BCUT2D eigenvalue weighted by Crippen LogP contribution is -2.19. The Morgan fingerprint density at radius 3 is 2.22 bits per heavy atom. The third-order valence-electron chi connectivity index (χ3n) is 4.11. The first-order chi connectivity index (χ1) is 8.74. The average molecular weight is 234 g/mol. The number of aromatic hydroxyl groups is 1. The van der Waals surface area contributed by atoms with Crippen LogP contribution in [0.5, 0.6) is 5.75 Å². The first-order valence-corrected chi connectivity index (χ1v) is 6.36. The number of benzene rings is 2. The van der Waals surface area contributed by atoms with Gasteiger partial charge >= 0.3 is 0 Å². The van der Waals surface area contributed by atoms with E-state index >= 15 is 0 Å². The minimum atomic E-state index is 0.139. The van der Waals surface area contributed by atoms with Crippen molar-refractivity contribution in [2.45, 2.75) is 12.8 Å². The van der Waals surface area contributed by atoms with Crippen LogP contribution in [0.4, 0.5) is 0 Å². The topological polar surface area (TPSA) is 20.2 Å². The van der Waals surface area contributed by atoms with E-state index < -0.39 is 0 Å². The van der Waals surface area contributed by atoms with Gasteiger partial charge in [-0.3, -0.25) is 0 Å². The Kier molecular flexibility index (Phi) is 1.80. The maximum absolute atomic E-state index is 9.58. The second-order valence-corrected chi connectivity index (χ2v) is 5.46. The summed E-state index contributed by atoms with van der Waals surface area (Å²) in [5.41, 5.74) is 2.79. The Morgan fingerprint density at radius 2 is 1.50 bits per heavy atom. The van der Waals surface area contributed by atoms with Crippen molar-refractivity contribution in [3.63, 3.8) is 0 Å². The van der Waals surface area contributed by atoms with Crippen molar-refractivity contribution in [2.75, 3.05) is 0 Å². The highest BCUT2D eigenvalue weighted by Gasteiger charge is 2.35. The first kappa shape index (κ1) is 9.95. The molecule has 1 heteroatoms. The van der Waals surface area contributed by atoms with Crippen LogP contribution in [0.15, 0.2) is 42.5 Å². The number of fused-ring (bicyclic) bond motifs is 2. The third-order valence-corrected chi connectivity index (χ3v) is 4.11. The molecule has 0 fully saturated rings. The highest BCUT2D eigenvalue weighted by atomic mass is 16.3. The van der Waals surface area contributed by atoms with Gasteiger partial charge in [-0.15, -0.1) is 0 Å². The van der Waals surface area contributed by atoms with Crippen molar-refractivity contribution in [3.8, 4) is 5.75 Å². The van der Waals surface area contributed by atoms with E-state index in [1.807, 2.05) is 6.07 Å². The number of phenolic OH excluding ortho intramolecular Hbond substituents is 1. The van der Waals surface area contributed by atoms with Gasteiger partial charge in [-0.25, -0.2) is 0 Å². The molecular formula is C17H14O. The molecule has 0 aromatic heterocycles. The Bertz CT molecular complexity index is 720. The molecule has 0 saturated heterocycles. The highest BCUT2D eigenvalue weighted by Crippen LogP contribution is 2.41. The van der Waals surface area contributed by atoms with Crippen LogP contribution in [-0.2, 0) is 12.8 Å². The van der Waals surface area contributed by atoms with Gasteiger partial charge < -0.3 is 5.11 Å². The van der Waals surface area contributed by atoms with Crippen LogP contribution >= 0.6 is 0 Å².